The molecule has 0 radical (unpaired) electrons. The Bertz CT molecular complexity index is 940. The Morgan fingerprint density at radius 1 is 1.30 bits per heavy atom. The van der Waals surface area contributed by atoms with Crippen molar-refractivity contribution in [2.45, 2.75) is 12.1 Å². The highest BCUT2D eigenvalue weighted by molar-refractivity contribution is 5.94. The Balaban J connectivity index is 1.76. The average molecular weight is 378 g/mol. The number of β-amino-alcohol motifs (C(OH)–C–C–N with tert-alkyl or cyclic N) is 1. The van der Waals surface area contributed by atoms with Crippen molar-refractivity contribution in [3.63, 3.8) is 0 Å². The first-order valence-corrected chi connectivity index (χ1v) is 8.32. The van der Waals surface area contributed by atoms with Crippen molar-refractivity contribution in [2.75, 3.05) is 26.2 Å². The molecule has 1 aromatic heterocycles. The lowest BCUT2D eigenvalue weighted by Crippen LogP contribution is -2.37. The van der Waals surface area contributed by atoms with Crippen LogP contribution in [-0.4, -0.2) is 57.8 Å². The van der Waals surface area contributed by atoms with Gasteiger partial charge in [0.1, 0.15) is 12.4 Å². The fourth-order valence-electron chi connectivity index (χ4n) is 2.97. The largest absolute Gasteiger partial charge is 0.492 e. The molecular weight excluding hydrogens is 359 g/mol. The zero-order valence-electron chi connectivity index (χ0n) is 14.3. The van der Waals surface area contributed by atoms with Gasteiger partial charge in [-0.25, -0.2) is 4.79 Å². The number of likely N-dealkylation sites (tertiary alicyclic amines) is 1. The van der Waals surface area contributed by atoms with Crippen LogP contribution in [0.15, 0.2) is 40.1 Å². The summed E-state index contributed by atoms with van der Waals surface area (Å²) in [5.41, 5.74) is 3.76. The lowest BCUT2D eigenvalue weighted by molar-refractivity contribution is 0.0764. The predicted molar refractivity (Wildman–Crippen MR) is 93.2 cm³/mol. The van der Waals surface area contributed by atoms with Crippen molar-refractivity contribution in [2.24, 2.45) is 5.73 Å². The first-order valence-electron chi connectivity index (χ1n) is 8.32. The quantitative estimate of drug-likeness (QED) is 0.616. The summed E-state index contributed by atoms with van der Waals surface area (Å²) in [6.07, 6.45) is -0.337. The normalized spacial score (nSPS) is 19.3. The van der Waals surface area contributed by atoms with Gasteiger partial charge in [-0.2, -0.15) is 4.39 Å². The van der Waals surface area contributed by atoms with E-state index in [0.29, 0.717) is 24.5 Å². The monoisotopic (exact) mass is 378 g/mol. The van der Waals surface area contributed by atoms with Gasteiger partial charge in [-0.1, -0.05) is 0 Å². The molecular formula is C17H19FN4O5. The molecule has 1 saturated heterocycles. The standard InChI is InChI=1S/C17H19FN4O5/c18-12-7-22(17(26)20-15(12)24)13-8-21(9-14(13)23)16(25)10-1-3-11(4-2-10)27-6-5-19/h1-4,7,13-14,23H,5-6,8-9,19H2,(H,20,24,26)/t13-,14-/m1/s1. The number of benzene rings is 1. The minimum absolute atomic E-state index is 0.00316. The van der Waals surface area contributed by atoms with Gasteiger partial charge in [-0.05, 0) is 24.3 Å². The topological polar surface area (TPSA) is 131 Å². The SMILES string of the molecule is NCCOc1ccc(C(=O)N2C[C@@H](O)[C@H](n3cc(F)c(=O)[nH]c3=O)C2)cc1. The van der Waals surface area contributed by atoms with Crippen molar-refractivity contribution in [3.05, 3.63) is 62.7 Å². The van der Waals surface area contributed by atoms with E-state index in [-0.39, 0.29) is 19.0 Å². The molecule has 2 atom stereocenters. The molecule has 2 heterocycles. The number of carbonyl (C=O) groups excluding carboxylic acids is 1. The highest BCUT2D eigenvalue weighted by Gasteiger charge is 2.36. The highest BCUT2D eigenvalue weighted by atomic mass is 19.1. The van der Waals surface area contributed by atoms with E-state index >= 15 is 0 Å². The maximum atomic E-state index is 13.5. The van der Waals surface area contributed by atoms with Gasteiger partial charge in [0.2, 0.25) is 5.82 Å². The van der Waals surface area contributed by atoms with Crippen LogP contribution in [-0.2, 0) is 0 Å². The number of nitrogens with one attached hydrogen (secondary N) is 1. The van der Waals surface area contributed by atoms with Crippen LogP contribution >= 0.6 is 0 Å². The number of nitrogens with zero attached hydrogens (tertiary/aromatic N) is 2. The number of aromatic nitrogens is 2. The Hall–Kier alpha value is -2.98. The van der Waals surface area contributed by atoms with Crippen LogP contribution in [0.3, 0.4) is 0 Å². The first-order chi connectivity index (χ1) is 12.9. The summed E-state index contributed by atoms with van der Waals surface area (Å²) in [6.45, 7) is 0.704. The predicted octanol–water partition coefficient (Wildman–Crippen LogP) is -0.929. The van der Waals surface area contributed by atoms with E-state index in [4.69, 9.17) is 10.5 Å². The zero-order chi connectivity index (χ0) is 19.6. The number of rotatable bonds is 5. The van der Waals surface area contributed by atoms with Crippen molar-refractivity contribution in [1.82, 2.24) is 14.5 Å². The molecule has 0 unspecified atom stereocenters. The van der Waals surface area contributed by atoms with Crippen molar-refractivity contribution in [1.29, 1.82) is 0 Å². The molecule has 144 valence electrons. The highest BCUT2D eigenvalue weighted by Crippen LogP contribution is 2.23. The molecule has 0 aliphatic carbocycles. The molecule has 1 amide bonds. The van der Waals surface area contributed by atoms with Gasteiger partial charge >= 0.3 is 5.69 Å². The smallest absolute Gasteiger partial charge is 0.328 e. The molecule has 0 saturated carbocycles. The lowest BCUT2D eigenvalue weighted by atomic mass is 10.2. The third-order valence-electron chi connectivity index (χ3n) is 4.32. The summed E-state index contributed by atoms with van der Waals surface area (Å²) in [5.74, 6) is -0.911. The van der Waals surface area contributed by atoms with Gasteiger partial charge in [0, 0.05) is 25.2 Å². The van der Waals surface area contributed by atoms with Crippen molar-refractivity contribution < 1.29 is 19.0 Å². The molecule has 1 aliphatic heterocycles. The number of halogens is 1. The molecule has 10 heteroatoms. The van der Waals surface area contributed by atoms with Crippen molar-refractivity contribution in [3.8, 4) is 5.75 Å². The molecule has 4 N–H and O–H groups in total. The molecule has 3 rings (SSSR count). The molecule has 27 heavy (non-hydrogen) atoms. The number of aliphatic hydroxyl groups excluding tert-OH is 1. The molecule has 2 aromatic rings. The molecule has 9 nitrogen and oxygen atoms in total. The third kappa shape index (κ3) is 3.91. The maximum Gasteiger partial charge on any atom is 0.328 e. The van der Waals surface area contributed by atoms with E-state index in [1.807, 2.05) is 4.98 Å². The van der Waals surface area contributed by atoms with Gasteiger partial charge in [-0.15, -0.1) is 0 Å². The van der Waals surface area contributed by atoms with Crippen LogP contribution in [0.25, 0.3) is 0 Å². The van der Waals surface area contributed by atoms with Crippen LogP contribution < -0.4 is 21.7 Å². The second-order valence-corrected chi connectivity index (χ2v) is 6.15. The molecule has 1 fully saturated rings. The van der Waals surface area contributed by atoms with Gasteiger partial charge < -0.3 is 20.5 Å². The molecule has 1 aromatic carbocycles. The minimum Gasteiger partial charge on any atom is -0.492 e. The summed E-state index contributed by atoms with van der Waals surface area (Å²) in [7, 11) is 0. The Morgan fingerprint density at radius 3 is 2.67 bits per heavy atom. The third-order valence-corrected chi connectivity index (χ3v) is 4.32. The second kappa shape index (κ2) is 7.72. The van der Waals surface area contributed by atoms with Gasteiger partial charge in [0.25, 0.3) is 11.5 Å². The second-order valence-electron chi connectivity index (χ2n) is 6.15. The number of hydrogen-bond donors (Lipinski definition) is 3. The molecule has 1 aliphatic rings. The number of hydrogen-bond acceptors (Lipinski definition) is 6. The fraction of sp³-hybridized carbons (Fsp3) is 0.353. The van der Waals surface area contributed by atoms with Gasteiger partial charge in [0.05, 0.1) is 18.3 Å². The summed E-state index contributed by atoms with van der Waals surface area (Å²) in [4.78, 5) is 38.9. The number of aromatic amines is 1. The van der Waals surface area contributed by atoms with Gasteiger partial charge in [0.15, 0.2) is 0 Å². The summed E-state index contributed by atoms with van der Waals surface area (Å²) in [6, 6.07) is 5.57. The van der Waals surface area contributed by atoms with Crippen LogP contribution in [0, 0.1) is 5.82 Å². The Morgan fingerprint density at radius 2 is 2.00 bits per heavy atom. The average Bonchev–Trinajstić information content (AvgIpc) is 3.04. The maximum absolute atomic E-state index is 13.5. The Kier molecular flexibility index (Phi) is 5.38. The number of amides is 1. The lowest BCUT2D eigenvalue weighted by Gasteiger charge is -2.17. The molecule has 0 bridgehead atoms. The number of H-pyrrole nitrogens is 1. The van der Waals surface area contributed by atoms with Crippen LogP contribution in [0.1, 0.15) is 16.4 Å². The minimum atomic E-state index is -1.14. The number of aliphatic hydroxyl groups is 1. The van der Waals surface area contributed by atoms with E-state index < -0.39 is 29.2 Å². The van der Waals surface area contributed by atoms with Crippen LogP contribution in [0.4, 0.5) is 4.39 Å². The number of carbonyl (C=O) groups is 1. The summed E-state index contributed by atoms with van der Waals surface area (Å²) >= 11 is 0. The number of nitrogens with two attached hydrogens (primary N) is 1. The Labute approximate surface area is 152 Å². The van der Waals surface area contributed by atoms with E-state index in [0.717, 1.165) is 10.8 Å². The van der Waals surface area contributed by atoms with Crippen LogP contribution in [0.2, 0.25) is 0 Å². The summed E-state index contributed by atoms with van der Waals surface area (Å²) < 4.78 is 19.8. The molecule has 0 spiro atoms. The first kappa shape index (κ1) is 18.8. The van der Waals surface area contributed by atoms with Gasteiger partial charge in [-0.3, -0.25) is 19.1 Å². The van der Waals surface area contributed by atoms with Crippen molar-refractivity contribution >= 4 is 5.91 Å². The zero-order valence-corrected chi connectivity index (χ0v) is 14.3. The van der Waals surface area contributed by atoms with E-state index in [9.17, 15) is 23.9 Å². The van der Waals surface area contributed by atoms with E-state index in [1.165, 1.54) is 4.90 Å². The number of ether oxygens (including phenoxy) is 1. The van der Waals surface area contributed by atoms with Crippen LogP contribution in [0.5, 0.6) is 5.75 Å². The summed E-state index contributed by atoms with van der Waals surface area (Å²) in [5, 5.41) is 10.2. The van der Waals surface area contributed by atoms with E-state index in [2.05, 4.69) is 0 Å². The fourth-order valence-corrected chi connectivity index (χ4v) is 2.97. The van der Waals surface area contributed by atoms with E-state index in [1.54, 1.807) is 24.3 Å².